The van der Waals surface area contributed by atoms with Crippen LogP contribution in [0, 0.1) is 0 Å². The van der Waals surface area contributed by atoms with Crippen LogP contribution in [0.5, 0.6) is 0 Å². The van der Waals surface area contributed by atoms with Gasteiger partial charge in [0.25, 0.3) is 0 Å². The number of piperidine rings is 1. The Labute approximate surface area is 96.9 Å². The third-order valence-electron chi connectivity index (χ3n) is 3.38. The maximum Gasteiger partial charge on any atom is 0.139 e. The average molecular weight is 231 g/mol. The predicted octanol–water partition coefficient (Wildman–Crippen LogP) is 1.61. The molecule has 2 fully saturated rings. The van der Waals surface area contributed by atoms with E-state index >= 15 is 0 Å². The van der Waals surface area contributed by atoms with Gasteiger partial charge in [0.2, 0.25) is 0 Å². The van der Waals surface area contributed by atoms with Crippen molar-refractivity contribution in [2.24, 2.45) is 0 Å². The number of nitrogens with zero attached hydrogens (tertiary/aromatic N) is 1. The van der Waals surface area contributed by atoms with Gasteiger partial charge in [-0.15, -0.1) is 0 Å². The molecule has 0 aliphatic carbocycles. The zero-order chi connectivity index (χ0) is 11.5. The molecule has 3 atom stereocenters. The lowest BCUT2D eigenvalue weighted by Gasteiger charge is -2.38. The summed E-state index contributed by atoms with van der Waals surface area (Å²) in [5.74, 6) is 0. The van der Waals surface area contributed by atoms with E-state index in [2.05, 4.69) is 4.90 Å². The molecule has 2 aliphatic rings. The molecule has 2 rings (SSSR count). The van der Waals surface area contributed by atoms with Crippen LogP contribution in [0.2, 0.25) is 0 Å². The molecule has 0 bridgehead atoms. The van der Waals surface area contributed by atoms with Gasteiger partial charge in [0.15, 0.2) is 0 Å². The van der Waals surface area contributed by atoms with Crippen molar-refractivity contribution in [3.8, 4) is 0 Å². The summed E-state index contributed by atoms with van der Waals surface area (Å²) in [4.78, 5) is 2.22. The van der Waals surface area contributed by atoms with E-state index in [1.165, 1.54) is 0 Å². The zero-order valence-corrected chi connectivity index (χ0v) is 10.2. The van der Waals surface area contributed by atoms with Crippen LogP contribution in [-0.2, 0) is 9.47 Å². The van der Waals surface area contributed by atoms with Gasteiger partial charge in [0, 0.05) is 25.7 Å². The largest absolute Gasteiger partial charge is 0.380 e. The fraction of sp³-hybridized carbons (Fsp3) is 1.00. The van der Waals surface area contributed by atoms with E-state index < -0.39 is 6.17 Å². The first-order chi connectivity index (χ1) is 7.66. The molecule has 4 heteroatoms. The number of alkyl halides is 1. The Kier molecular flexibility index (Phi) is 4.16. The summed E-state index contributed by atoms with van der Waals surface area (Å²) in [6.45, 7) is 6.96. The molecule has 0 N–H and O–H groups in total. The summed E-state index contributed by atoms with van der Waals surface area (Å²) in [7, 11) is 0. The minimum absolute atomic E-state index is 0.115. The molecular weight excluding hydrogens is 209 g/mol. The highest BCUT2D eigenvalue weighted by Gasteiger charge is 2.34. The van der Waals surface area contributed by atoms with Crippen LogP contribution < -0.4 is 0 Å². The molecule has 1 unspecified atom stereocenters. The van der Waals surface area contributed by atoms with Gasteiger partial charge in [-0.05, 0) is 26.7 Å². The van der Waals surface area contributed by atoms with E-state index in [4.69, 9.17) is 9.47 Å². The average Bonchev–Trinajstić information content (AvgIpc) is 2.73. The van der Waals surface area contributed by atoms with Crippen molar-refractivity contribution in [1.82, 2.24) is 4.90 Å². The highest BCUT2D eigenvalue weighted by atomic mass is 19.1. The van der Waals surface area contributed by atoms with Crippen LogP contribution >= 0.6 is 0 Å². The van der Waals surface area contributed by atoms with Gasteiger partial charge in [-0.1, -0.05) is 0 Å². The molecule has 3 nitrogen and oxygen atoms in total. The molecule has 0 radical (unpaired) electrons. The quantitative estimate of drug-likeness (QED) is 0.736. The minimum Gasteiger partial charge on any atom is -0.380 e. The summed E-state index contributed by atoms with van der Waals surface area (Å²) in [6, 6.07) is 0.429. The predicted molar refractivity (Wildman–Crippen MR) is 60.3 cm³/mol. The van der Waals surface area contributed by atoms with Crippen LogP contribution in [-0.4, -0.2) is 55.6 Å². The number of ether oxygens (including phenoxy) is 2. The first-order valence-electron chi connectivity index (χ1n) is 6.28. The lowest BCUT2D eigenvalue weighted by molar-refractivity contribution is -0.0780. The normalized spacial score (nSPS) is 37.1. The summed E-state index contributed by atoms with van der Waals surface area (Å²) >= 11 is 0. The highest BCUT2D eigenvalue weighted by molar-refractivity contribution is 4.86. The molecule has 94 valence electrons. The van der Waals surface area contributed by atoms with Crippen molar-refractivity contribution in [3.63, 3.8) is 0 Å². The molecule has 0 saturated carbocycles. The van der Waals surface area contributed by atoms with Crippen LogP contribution in [0.15, 0.2) is 0 Å². The monoisotopic (exact) mass is 231 g/mol. The smallest absolute Gasteiger partial charge is 0.139 e. The van der Waals surface area contributed by atoms with Crippen LogP contribution in [0.25, 0.3) is 0 Å². The van der Waals surface area contributed by atoms with Gasteiger partial charge in [0.1, 0.15) is 6.17 Å². The standard InChI is InChI=1S/C12H22FNO2/c1-9(2)16-12-3-5-14(7-11(12)13)10-4-6-15-8-10/h9-12H,3-8H2,1-2H3/t10?,11-,12+/m1/s1. The van der Waals surface area contributed by atoms with Crippen molar-refractivity contribution < 1.29 is 13.9 Å². The van der Waals surface area contributed by atoms with Gasteiger partial charge in [-0.3, -0.25) is 4.90 Å². The minimum atomic E-state index is -0.850. The molecule has 0 amide bonds. The van der Waals surface area contributed by atoms with E-state index in [9.17, 15) is 4.39 Å². The SMILES string of the molecule is CC(C)O[C@H]1CCN(C2CCOC2)C[C@H]1F. The van der Waals surface area contributed by atoms with Gasteiger partial charge in [-0.25, -0.2) is 4.39 Å². The number of hydrogen-bond acceptors (Lipinski definition) is 3. The van der Waals surface area contributed by atoms with Crippen molar-refractivity contribution >= 4 is 0 Å². The summed E-state index contributed by atoms with van der Waals surface area (Å²) in [6.07, 6.45) is 0.901. The van der Waals surface area contributed by atoms with Gasteiger partial charge >= 0.3 is 0 Å². The number of halogens is 1. The van der Waals surface area contributed by atoms with Crippen LogP contribution in [0.4, 0.5) is 4.39 Å². The van der Waals surface area contributed by atoms with Crippen molar-refractivity contribution in [2.45, 2.75) is 51.1 Å². The van der Waals surface area contributed by atoms with Crippen LogP contribution in [0.3, 0.4) is 0 Å². The lowest BCUT2D eigenvalue weighted by Crippen LogP contribution is -2.50. The fourth-order valence-electron chi connectivity index (χ4n) is 2.55. The molecule has 0 aromatic rings. The zero-order valence-electron chi connectivity index (χ0n) is 10.2. The number of rotatable bonds is 3. The van der Waals surface area contributed by atoms with E-state index in [-0.39, 0.29) is 12.2 Å². The second kappa shape index (κ2) is 5.43. The molecule has 0 spiro atoms. The van der Waals surface area contributed by atoms with Crippen molar-refractivity contribution in [3.05, 3.63) is 0 Å². The molecule has 16 heavy (non-hydrogen) atoms. The summed E-state index contributed by atoms with van der Waals surface area (Å²) in [5, 5.41) is 0. The van der Waals surface area contributed by atoms with E-state index in [1.54, 1.807) is 0 Å². The molecule has 0 aromatic heterocycles. The first kappa shape index (κ1) is 12.3. The molecule has 2 heterocycles. The van der Waals surface area contributed by atoms with Gasteiger partial charge < -0.3 is 9.47 Å². The van der Waals surface area contributed by atoms with E-state index in [1.807, 2.05) is 13.8 Å². The summed E-state index contributed by atoms with van der Waals surface area (Å²) < 4.78 is 24.8. The van der Waals surface area contributed by atoms with E-state index in [0.29, 0.717) is 12.6 Å². The van der Waals surface area contributed by atoms with Crippen LogP contribution in [0.1, 0.15) is 26.7 Å². The maximum absolute atomic E-state index is 13.9. The molecule has 0 aromatic carbocycles. The Bertz CT molecular complexity index is 219. The molecule has 2 saturated heterocycles. The third-order valence-corrected chi connectivity index (χ3v) is 3.38. The van der Waals surface area contributed by atoms with Crippen molar-refractivity contribution in [1.29, 1.82) is 0 Å². The first-order valence-corrected chi connectivity index (χ1v) is 6.28. The summed E-state index contributed by atoms with van der Waals surface area (Å²) in [5.41, 5.74) is 0. The topological polar surface area (TPSA) is 21.7 Å². The Morgan fingerprint density at radius 2 is 2.19 bits per heavy atom. The number of hydrogen-bond donors (Lipinski definition) is 0. The fourth-order valence-corrected chi connectivity index (χ4v) is 2.55. The molecule has 2 aliphatic heterocycles. The van der Waals surface area contributed by atoms with Crippen molar-refractivity contribution in [2.75, 3.05) is 26.3 Å². The van der Waals surface area contributed by atoms with E-state index in [0.717, 1.165) is 32.6 Å². The molecular formula is C12H22FNO2. The maximum atomic E-state index is 13.9. The Morgan fingerprint density at radius 3 is 2.75 bits per heavy atom. The number of likely N-dealkylation sites (tertiary alicyclic amines) is 1. The highest BCUT2D eigenvalue weighted by Crippen LogP contribution is 2.23. The lowest BCUT2D eigenvalue weighted by atomic mass is 10.0. The van der Waals surface area contributed by atoms with Gasteiger partial charge in [0.05, 0.1) is 18.8 Å². The Hall–Kier alpha value is -0.190. The van der Waals surface area contributed by atoms with Gasteiger partial charge in [-0.2, -0.15) is 0 Å². The third kappa shape index (κ3) is 2.93. The second-order valence-corrected chi connectivity index (χ2v) is 5.04. The second-order valence-electron chi connectivity index (χ2n) is 5.04. The Morgan fingerprint density at radius 1 is 1.38 bits per heavy atom. The Balaban J connectivity index is 1.81.